The third-order valence-electron chi connectivity index (χ3n) is 10.7. The summed E-state index contributed by atoms with van der Waals surface area (Å²) >= 11 is 3.72. The second-order valence-electron chi connectivity index (χ2n) is 13.9. The van der Waals surface area contributed by atoms with E-state index < -0.39 is 0 Å². The summed E-state index contributed by atoms with van der Waals surface area (Å²) in [4.78, 5) is 5.52. The minimum atomic E-state index is -0.244. The summed E-state index contributed by atoms with van der Waals surface area (Å²) in [6.07, 6.45) is 2.32. The van der Waals surface area contributed by atoms with Gasteiger partial charge in [-0.05, 0) is 87.1 Å². The minimum Gasteiger partial charge on any atom is -0.340 e. The summed E-state index contributed by atoms with van der Waals surface area (Å²) in [7, 11) is 0. The lowest BCUT2D eigenvalue weighted by Crippen LogP contribution is -2.27. The fourth-order valence-electron chi connectivity index (χ4n) is 8.10. The maximum Gasteiger partial charge on any atom is 0.133 e. The monoisotopic (exact) mass is 724 g/mol. The largest absolute Gasteiger partial charge is 0.340 e. The molecule has 0 saturated carbocycles. The second-order valence-corrected chi connectivity index (χ2v) is 16.1. The zero-order chi connectivity index (χ0) is 35.6. The molecule has 11 rings (SSSR count). The molecule has 0 amide bonds. The number of rotatable bonds is 5. The molecule has 2 aromatic heterocycles. The molecular formula is C50H32N2S2. The number of fused-ring (bicyclic) bond motifs is 7. The van der Waals surface area contributed by atoms with Crippen molar-refractivity contribution in [1.29, 1.82) is 0 Å². The van der Waals surface area contributed by atoms with E-state index in [1.165, 1.54) is 84.5 Å². The summed E-state index contributed by atoms with van der Waals surface area (Å²) in [5.74, 6) is 0.868. The van der Waals surface area contributed by atoms with Crippen LogP contribution in [0.2, 0.25) is 0 Å². The van der Waals surface area contributed by atoms with Crippen molar-refractivity contribution < 1.29 is 0 Å². The lowest BCUT2D eigenvalue weighted by molar-refractivity contribution is 0.883. The zero-order valence-corrected chi connectivity index (χ0v) is 30.8. The van der Waals surface area contributed by atoms with Gasteiger partial charge in [0.15, 0.2) is 0 Å². The van der Waals surface area contributed by atoms with Gasteiger partial charge in [0.25, 0.3) is 0 Å². The Hall–Kier alpha value is -6.33. The van der Waals surface area contributed by atoms with Crippen molar-refractivity contribution in [2.75, 3.05) is 0 Å². The van der Waals surface area contributed by atoms with Crippen LogP contribution in [0.5, 0.6) is 0 Å². The molecule has 2 nitrogen and oxygen atoms in total. The third-order valence-corrected chi connectivity index (χ3v) is 13.0. The van der Waals surface area contributed by atoms with E-state index in [1.54, 1.807) is 0 Å². The highest BCUT2D eigenvalue weighted by Crippen LogP contribution is 2.43. The Bertz CT molecular complexity index is 3140. The SMILES string of the molecule is C1=C(c2cccc3ccccc23)NC(c2ccccc2)=N[C@@H]1c1cc(-c2ccc3sc4ccccc4c3c2)ccc1-c1ccc2sc3ccccc3c2c1. The summed E-state index contributed by atoms with van der Waals surface area (Å²) in [6.45, 7) is 0. The Kier molecular flexibility index (Phi) is 7.32. The first-order valence-corrected chi connectivity index (χ1v) is 19.9. The van der Waals surface area contributed by atoms with Gasteiger partial charge in [0.2, 0.25) is 0 Å². The molecule has 1 aliphatic rings. The summed E-state index contributed by atoms with van der Waals surface area (Å²) in [5.41, 5.74) is 9.24. The maximum absolute atomic E-state index is 5.52. The van der Waals surface area contributed by atoms with Crippen LogP contribution < -0.4 is 5.32 Å². The molecule has 1 aliphatic heterocycles. The molecule has 54 heavy (non-hydrogen) atoms. The first-order valence-electron chi connectivity index (χ1n) is 18.3. The van der Waals surface area contributed by atoms with E-state index in [4.69, 9.17) is 4.99 Å². The van der Waals surface area contributed by atoms with E-state index in [0.717, 1.165) is 17.1 Å². The van der Waals surface area contributed by atoms with Gasteiger partial charge in [-0.25, -0.2) is 0 Å². The molecule has 0 fully saturated rings. The summed E-state index contributed by atoms with van der Waals surface area (Å²) in [5, 5.41) is 11.4. The molecule has 1 atom stereocenters. The van der Waals surface area contributed by atoms with E-state index >= 15 is 0 Å². The fourth-order valence-corrected chi connectivity index (χ4v) is 10.3. The van der Waals surface area contributed by atoms with Crippen LogP contribution in [0.4, 0.5) is 0 Å². The Balaban J connectivity index is 1.15. The highest BCUT2D eigenvalue weighted by atomic mass is 32.1. The maximum atomic E-state index is 5.52. The van der Waals surface area contributed by atoms with E-state index in [9.17, 15) is 0 Å². The Morgan fingerprint density at radius 1 is 0.407 bits per heavy atom. The number of hydrogen-bond donors (Lipinski definition) is 1. The molecule has 254 valence electrons. The molecule has 0 spiro atoms. The van der Waals surface area contributed by atoms with Crippen molar-refractivity contribution in [2.45, 2.75) is 6.04 Å². The number of thiophene rings is 2. The van der Waals surface area contributed by atoms with Crippen molar-refractivity contribution in [3.63, 3.8) is 0 Å². The molecule has 1 N–H and O–H groups in total. The molecule has 0 bridgehead atoms. The van der Waals surface area contributed by atoms with Gasteiger partial charge in [-0.2, -0.15) is 0 Å². The first kappa shape index (κ1) is 31.2. The van der Waals surface area contributed by atoms with Crippen LogP contribution in [0, 0.1) is 0 Å². The van der Waals surface area contributed by atoms with Gasteiger partial charge in [0, 0.05) is 57.2 Å². The lowest BCUT2D eigenvalue weighted by atomic mass is 9.89. The van der Waals surface area contributed by atoms with E-state index in [-0.39, 0.29) is 6.04 Å². The molecule has 0 unspecified atom stereocenters. The van der Waals surface area contributed by atoms with E-state index in [0.29, 0.717) is 0 Å². The minimum absolute atomic E-state index is 0.244. The standard InChI is InChI=1S/C50H32N2S2/c1-2-12-32(13-3-1)50-51-44(38-18-10-14-31-11-4-5-15-36(31)38)30-45(52-50)41-27-33(34-22-25-48-42(28-34)39-16-6-8-19-46(39)53-48)21-24-37(41)35-23-26-49-43(29-35)40-17-7-9-20-47(40)54-49/h1-30,45H,(H,51,52)/t45-/m0/s1. The molecule has 4 heteroatoms. The smallest absolute Gasteiger partial charge is 0.133 e. The normalized spacial score (nSPS) is 14.5. The van der Waals surface area contributed by atoms with Gasteiger partial charge in [-0.1, -0.05) is 133 Å². The van der Waals surface area contributed by atoms with Crippen LogP contribution in [0.15, 0.2) is 187 Å². The lowest BCUT2D eigenvalue weighted by Gasteiger charge is -2.26. The van der Waals surface area contributed by atoms with Gasteiger partial charge < -0.3 is 5.32 Å². The number of benzene rings is 8. The molecule has 3 heterocycles. The highest BCUT2D eigenvalue weighted by molar-refractivity contribution is 7.26. The number of nitrogens with one attached hydrogen (secondary N) is 1. The van der Waals surface area contributed by atoms with Gasteiger partial charge in [0.1, 0.15) is 5.84 Å². The second kappa shape index (κ2) is 12.7. The van der Waals surface area contributed by atoms with Crippen LogP contribution in [-0.4, -0.2) is 5.84 Å². The molecule has 0 radical (unpaired) electrons. The average molecular weight is 725 g/mol. The Morgan fingerprint density at radius 2 is 0.981 bits per heavy atom. The van der Waals surface area contributed by atoms with Gasteiger partial charge in [-0.3, -0.25) is 4.99 Å². The van der Waals surface area contributed by atoms with Gasteiger partial charge in [0.05, 0.1) is 6.04 Å². The Morgan fingerprint density at radius 3 is 1.74 bits per heavy atom. The molecular weight excluding hydrogens is 693 g/mol. The molecule has 0 aliphatic carbocycles. The van der Waals surface area contributed by atoms with Crippen molar-refractivity contribution >= 4 is 85.3 Å². The van der Waals surface area contributed by atoms with E-state index in [2.05, 4.69) is 187 Å². The van der Waals surface area contributed by atoms with Crippen molar-refractivity contribution in [3.05, 3.63) is 199 Å². The quantitative estimate of drug-likeness (QED) is 0.188. The predicted molar refractivity (Wildman–Crippen MR) is 234 cm³/mol. The summed E-state index contributed by atoms with van der Waals surface area (Å²) in [6, 6.07) is 63.8. The van der Waals surface area contributed by atoms with Crippen molar-refractivity contribution in [1.82, 2.24) is 5.32 Å². The fraction of sp³-hybridized carbons (Fsp3) is 0.0200. The van der Waals surface area contributed by atoms with Crippen LogP contribution in [0.25, 0.3) is 79.1 Å². The van der Waals surface area contributed by atoms with Crippen LogP contribution in [0.1, 0.15) is 22.7 Å². The molecule has 8 aromatic carbocycles. The first-order chi connectivity index (χ1) is 26.7. The zero-order valence-electron chi connectivity index (χ0n) is 29.2. The van der Waals surface area contributed by atoms with E-state index in [1.807, 2.05) is 22.7 Å². The van der Waals surface area contributed by atoms with Gasteiger partial charge in [-0.15, -0.1) is 22.7 Å². The topological polar surface area (TPSA) is 24.4 Å². The van der Waals surface area contributed by atoms with Crippen molar-refractivity contribution in [3.8, 4) is 22.3 Å². The number of aliphatic imine (C=N–C) groups is 1. The number of hydrogen-bond acceptors (Lipinski definition) is 4. The Labute approximate surface area is 321 Å². The average Bonchev–Trinajstić information content (AvgIpc) is 3.81. The molecule has 0 saturated heterocycles. The predicted octanol–water partition coefficient (Wildman–Crippen LogP) is 14.0. The number of amidine groups is 1. The van der Waals surface area contributed by atoms with Crippen LogP contribution >= 0.6 is 22.7 Å². The third kappa shape index (κ3) is 5.26. The molecule has 10 aromatic rings. The van der Waals surface area contributed by atoms with Crippen LogP contribution in [-0.2, 0) is 0 Å². The highest BCUT2D eigenvalue weighted by Gasteiger charge is 2.24. The number of nitrogens with zero attached hydrogens (tertiary/aromatic N) is 1. The van der Waals surface area contributed by atoms with Crippen LogP contribution in [0.3, 0.4) is 0 Å². The van der Waals surface area contributed by atoms with Gasteiger partial charge >= 0.3 is 0 Å². The van der Waals surface area contributed by atoms with Crippen molar-refractivity contribution in [2.24, 2.45) is 4.99 Å². The summed E-state index contributed by atoms with van der Waals surface area (Å²) < 4.78 is 5.25.